The normalized spacial score (nSPS) is 12.4. The highest BCUT2D eigenvalue weighted by Crippen LogP contribution is 2.18. The molecule has 0 aliphatic rings. The molecule has 0 aliphatic carbocycles. The smallest absolute Gasteiger partial charge is 0.306 e. The van der Waals surface area contributed by atoms with Crippen LogP contribution in [0.2, 0.25) is 0 Å². The Morgan fingerprint density at radius 2 is 0.439 bits per heavy atom. The highest BCUT2D eigenvalue weighted by Gasteiger charge is 2.19. The first-order valence-electron chi connectivity index (χ1n) is 36.3. The van der Waals surface area contributed by atoms with Gasteiger partial charge in [-0.1, -0.05) is 319 Å². The van der Waals surface area contributed by atoms with Gasteiger partial charge in [0.05, 0.1) is 0 Å². The highest BCUT2D eigenvalue weighted by molar-refractivity contribution is 5.71. The Balaban J connectivity index is 4.30. The van der Waals surface area contributed by atoms with Gasteiger partial charge in [0.1, 0.15) is 13.2 Å². The average molecular weight is 1150 g/mol. The fraction of sp³-hybridized carbons (Fsp3) is 0.829. The minimum Gasteiger partial charge on any atom is -0.462 e. The lowest BCUT2D eigenvalue weighted by Crippen LogP contribution is -2.30. The van der Waals surface area contributed by atoms with Gasteiger partial charge in [-0.25, -0.2) is 0 Å². The molecule has 6 nitrogen and oxygen atoms in total. The summed E-state index contributed by atoms with van der Waals surface area (Å²) in [4.78, 5) is 38.5. The van der Waals surface area contributed by atoms with Crippen molar-refractivity contribution in [3.05, 3.63) is 60.8 Å². The number of hydrogen-bond acceptors (Lipinski definition) is 6. The van der Waals surface area contributed by atoms with Crippen LogP contribution in [0.25, 0.3) is 0 Å². The van der Waals surface area contributed by atoms with E-state index in [0.29, 0.717) is 19.3 Å². The Hall–Kier alpha value is -2.89. The van der Waals surface area contributed by atoms with Gasteiger partial charge in [0.15, 0.2) is 6.10 Å². The second kappa shape index (κ2) is 70.6. The van der Waals surface area contributed by atoms with Crippen molar-refractivity contribution < 1.29 is 28.6 Å². The first kappa shape index (κ1) is 79.1. The lowest BCUT2D eigenvalue weighted by atomic mass is 10.0. The molecule has 0 aromatic heterocycles. The Kier molecular flexibility index (Phi) is 68.1. The van der Waals surface area contributed by atoms with Crippen LogP contribution in [0.1, 0.15) is 387 Å². The molecule has 0 amide bonds. The van der Waals surface area contributed by atoms with E-state index in [9.17, 15) is 14.4 Å². The summed E-state index contributed by atoms with van der Waals surface area (Å²) in [6.45, 7) is 6.67. The molecule has 0 radical (unpaired) electrons. The summed E-state index contributed by atoms with van der Waals surface area (Å²) in [6.07, 6.45) is 91.0. The number of hydrogen-bond donors (Lipinski definition) is 0. The fourth-order valence-electron chi connectivity index (χ4n) is 10.7. The molecule has 0 saturated carbocycles. The lowest BCUT2D eigenvalue weighted by Gasteiger charge is -2.18. The van der Waals surface area contributed by atoms with Crippen LogP contribution in [0.3, 0.4) is 0 Å². The number of esters is 3. The van der Waals surface area contributed by atoms with Crippen molar-refractivity contribution in [1.29, 1.82) is 0 Å². The number of carbonyl (C=O) groups is 3. The van der Waals surface area contributed by atoms with Crippen molar-refractivity contribution in [3.8, 4) is 0 Å². The quantitative estimate of drug-likeness (QED) is 0.0261. The molecule has 1 unspecified atom stereocenters. The van der Waals surface area contributed by atoms with E-state index in [2.05, 4.69) is 81.5 Å². The number of unbranched alkanes of at least 4 members (excludes halogenated alkanes) is 46. The van der Waals surface area contributed by atoms with Crippen molar-refractivity contribution in [1.82, 2.24) is 0 Å². The van der Waals surface area contributed by atoms with Crippen LogP contribution in [0, 0.1) is 0 Å². The third-order valence-electron chi connectivity index (χ3n) is 16.2. The topological polar surface area (TPSA) is 78.9 Å². The third-order valence-corrected chi connectivity index (χ3v) is 16.2. The molecule has 0 N–H and O–H groups in total. The van der Waals surface area contributed by atoms with Gasteiger partial charge in [0.25, 0.3) is 0 Å². The number of carbonyl (C=O) groups excluding carboxylic acids is 3. The van der Waals surface area contributed by atoms with Crippen LogP contribution in [0.4, 0.5) is 0 Å². The number of allylic oxidation sites excluding steroid dienone is 10. The molecule has 0 fully saturated rings. The van der Waals surface area contributed by atoms with Crippen molar-refractivity contribution in [3.63, 3.8) is 0 Å². The van der Waals surface area contributed by atoms with Gasteiger partial charge in [0, 0.05) is 19.3 Å². The SMILES string of the molecule is CCCCCCC/C=C\C/C=C\CCCCCCCCCCCCCCCCCC(=O)OCC(COC(=O)CCCCCCC/C=C\CCCCCCCCC)OC(=O)CCCCCCCCCCC/C=C\C/C=C\CCCCCCC. The van der Waals surface area contributed by atoms with Gasteiger partial charge in [-0.2, -0.15) is 0 Å². The van der Waals surface area contributed by atoms with E-state index in [1.54, 1.807) is 0 Å². The molecule has 0 bridgehead atoms. The zero-order chi connectivity index (χ0) is 59.2. The fourth-order valence-corrected chi connectivity index (χ4v) is 10.7. The second-order valence-corrected chi connectivity index (χ2v) is 24.5. The third kappa shape index (κ3) is 67.9. The average Bonchev–Trinajstić information content (AvgIpc) is 3.47. The summed E-state index contributed by atoms with van der Waals surface area (Å²) in [7, 11) is 0. The molecule has 0 spiro atoms. The first-order valence-corrected chi connectivity index (χ1v) is 36.3. The van der Waals surface area contributed by atoms with Gasteiger partial charge in [0.2, 0.25) is 0 Å². The van der Waals surface area contributed by atoms with Gasteiger partial charge >= 0.3 is 17.9 Å². The van der Waals surface area contributed by atoms with Crippen LogP contribution in [0.15, 0.2) is 60.8 Å². The van der Waals surface area contributed by atoms with E-state index >= 15 is 0 Å². The molecule has 0 rings (SSSR count). The molecular weight excluding hydrogens is 1010 g/mol. The van der Waals surface area contributed by atoms with Crippen LogP contribution in [-0.2, 0) is 28.6 Å². The Bertz CT molecular complexity index is 1460. The number of rotatable bonds is 67. The summed E-state index contributed by atoms with van der Waals surface area (Å²) in [6, 6.07) is 0. The van der Waals surface area contributed by atoms with Crippen molar-refractivity contribution >= 4 is 17.9 Å². The monoisotopic (exact) mass is 1150 g/mol. The van der Waals surface area contributed by atoms with Crippen LogP contribution in [-0.4, -0.2) is 37.2 Å². The van der Waals surface area contributed by atoms with E-state index in [-0.39, 0.29) is 31.1 Å². The standard InChI is InChI=1S/C76H138O6/c1-4-7-10-13-16-19-22-25-28-31-33-35-36-37-38-39-40-42-43-45-48-51-54-57-60-63-66-69-75(78)81-72-73(71-80-74(77)68-65-62-59-56-53-50-47-30-27-24-21-18-15-12-9-6-3)82-76(79)70-67-64-61-58-55-52-49-46-44-41-34-32-29-26-23-20-17-14-11-8-5-2/h22-23,25-26,30-34,47,73H,4-21,24,27-29,35-46,48-72H2,1-3H3/b25-22-,26-23-,33-31-,34-32-,47-30-. The predicted molar refractivity (Wildman–Crippen MR) is 358 cm³/mol. The maximum atomic E-state index is 13.0. The van der Waals surface area contributed by atoms with Gasteiger partial charge < -0.3 is 14.2 Å². The van der Waals surface area contributed by atoms with Gasteiger partial charge in [-0.15, -0.1) is 0 Å². The van der Waals surface area contributed by atoms with E-state index in [1.807, 2.05) is 0 Å². The van der Waals surface area contributed by atoms with E-state index in [0.717, 1.165) is 77.0 Å². The van der Waals surface area contributed by atoms with Crippen LogP contribution < -0.4 is 0 Å². The Morgan fingerprint density at radius 1 is 0.244 bits per heavy atom. The number of ether oxygens (including phenoxy) is 3. The Morgan fingerprint density at radius 3 is 0.683 bits per heavy atom. The van der Waals surface area contributed by atoms with Crippen molar-refractivity contribution in [2.75, 3.05) is 13.2 Å². The molecule has 0 aromatic rings. The predicted octanol–water partition coefficient (Wildman–Crippen LogP) is 25.1. The first-order chi connectivity index (χ1) is 40.5. The van der Waals surface area contributed by atoms with E-state index in [4.69, 9.17) is 14.2 Å². The highest BCUT2D eigenvalue weighted by atomic mass is 16.6. The molecular formula is C76H138O6. The molecule has 0 saturated heterocycles. The zero-order valence-corrected chi connectivity index (χ0v) is 55.0. The molecule has 0 aliphatic heterocycles. The summed E-state index contributed by atoms with van der Waals surface area (Å²) in [5.74, 6) is -0.864. The largest absolute Gasteiger partial charge is 0.462 e. The minimum absolute atomic E-state index is 0.0755. The second-order valence-electron chi connectivity index (χ2n) is 24.5. The molecule has 82 heavy (non-hydrogen) atoms. The van der Waals surface area contributed by atoms with Crippen LogP contribution in [0.5, 0.6) is 0 Å². The van der Waals surface area contributed by atoms with Gasteiger partial charge in [-0.3, -0.25) is 14.4 Å². The minimum atomic E-state index is -0.781. The van der Waals surface area contributed by atoms with E-state index < -0.39 is 6.10 Å². The van der Waals surface area contributed by atoms with Gasteiger partial charge in [-0.05, 0) is 109 Å². The molecule has 0 heterocycles. The maximum Gasteiger partial charge on any atom is 0.306 e. The summed E-state index contributed by atoms with van der Waals surface area (Å²) >= 11 is 0. The lowest BCUT2D eigenvalue weighted by molar-refractivity contribution is -0.167. The summed E-state index contributed by atoms with van der Waals surface area (Å²) in [5, 5.41) is 0. The maximum absolute atomic E-state index is 13.0. The van der Waals surface area contributed by atoms with Crippen LogP contribution >= 0.6 is 0 Å². The molecule has 1 atom stereocenters. The van der Waals surface area contributed by atoms with E-state index in [1.165, 1.54) is 270 Å². The zero-order valence-electron chi connectivity index (χ0n) is 55.0. The summed E-state index contributed by atoms with van der Waals surface area (Å²) in [5.41, 5.74) is 0. The Labute approximate surface area is 510 Å². The van der Waals surface area contributed by atoms with Crippen molar-refractivity contribution in [2.45, 2.75) is 393 Å². The molecule has 6 heteroatoms. The molecule has 478 valence electrons. The summed E-state index contributed by atoms with van der Waals surface area (Å²) < 4.78 is 17.0. The van der Waals surface area contributed by atoms with Crippen molar-refractivity contribution in [2.24, 2.45) is 0 Å². The molecule has 0 aromatic carbocycles.